The van der Waals surface area contributed by atoms with Crippen LogP contribution in [0.15, 0.2) is 24.3 Å². The Morgan fingerprint density at radius 2 is 1.89 bits per heavy atom. The molecule has 0 radical (unpaired) electrons. The van der Waals surface area contributed by atoms with Crippen LogP contribution in [0.3, 0.4) is 0 Å². The van der Waals surface area contributed by atoms with Gasteiger partial charge in [0.2, 0.25) is 0 Å². The Morgan fingerprint density at radius 1 is 1.06 bits per heavy atom. The van der Waals surface area contributed by atoms with Crippen LogP contribution in [0.1, 0.15) is 49.3 Å². The number of hydrogen-bond donors (Lipinski definition) is 2. The molecular weight excluding hydrogens is 224 g/mol. The summed E-state index contributed by atoms with van der Waals surface area (Å²) >= 11 is 0. The number of urea groups is 1. The number of rotatable bonds is 2. The van der Waals surface area contributed by atoms with Gasteiger partial charge in [-0.3, -0.25) is 0 Å². The highest BCUT2D eigenvalue weighted by Gasteiger charge is 2.24. The summed E-state index contributed by atoms with van der Waals surface area (Å²) in [6.07, 6.45) is 6.86. The molecule has 1 aromatic rings. The fourth-order valence-corrected chi connectivity index (χ4v) is 2.84. The van der Waals surface area contributed by atoms with Gasteiger partial charge in [-0.15, -0.1) is 0 Å². The topological polar surface area (TPSA) is 41.1 Å². The number of amides is 2. The zero-order valence-electron chi connectivity index (χ0n) is 10.6. The molecule has 0 heterocycles. The normalized spacial score (nSPS) is 22.8. The lowest BCUT2D eigenvalue weighted by Crippen LogP contribution is -2.46. The Labute approximate surface area is 108 Å². The molecule has 2 amide bonds. The van der Waals surface area contributed by atoms with Crippen LogP contribution >= 0.6 is 0 Å². The van der Waals surface area contributed by atoms with Crippen molar-refractivity contribution in [3.8, 4) is 0 Å². The van der Waals surface area contributed by atoms with E-state index in [1.165, 1.54) is 17.5 Å². The van der Waals surface area contributed by atoms with E-state index in [1.54, 1.807) is 0 Å². The molecule has 3 nitrogen and oxygen atoms in total. The van der Waals surface area contributed by atoms with Gasteiger partial charge in [0.1, 0.15) is 0 Å². The van der Waals surface area contributed by atoms with Crippen molar-refractivity contribution >= 4 is 6.03 Å². The van der Waals surface area contributed by atoms with Crippen LogP contribution in [0, 0.1) is 0 Å². The molecule has 18 heavy (non-hydrogen) atoms. The van der Waals surface area contributed by atoms with Crippen molar-refractivity contribution in [3.05, 3.63) is 35.4 Å². The van der Waals surface area contributed by atoms with Gasteiger partial charge in [-0.25, -0.2) is 4.79 Å². The van der Waals surface area contributed by atoms with Gasteiger partial charge < -0.3 is 10.6 Å². The highest BCUT2D eigenvalue weighted by molar-refractivity contribution is 5.75. The molecule has 1 atom stereocenters. The van der Waals surface area contributed by atoms with Crippen molar-refractivity contribution in [1.82, 2.24) is 10.6 Å². The lowest BCUT2D eigenvalue weighted by Gasteiger charge is -2.30. The van der Waals surface area contributed by atoms with Crippen molar-refractivity contribution in [3.63, 3.8) is 0 Å². The number of carbonyl (C=O) groups is 1. The van der Waals surface area contributed by atoms with E-state index in [4.69, 9.17) is 0 Å². The maximum Gasteiger partial charge on any atom is 0.315 e. The van der Waals surface area contributed by atoms with E-state index in [-0.39, 0.29) is 12.1 Å². The minimum absolute atomic E-state index is 0.00130. The SMILES string of the molecule is O=C(NC1CCC1)NC1CCCc2ccccc21. The molecule has 0 bridgehead atoms. The van der Waals surface area contributed by atoms with E-state index in [0.717, 1.165) is 32.1 Å². The van der Waals surface area contributed by atoms with E-state index in [9.17, 15) is 4.79 Å². The summed E-state index contributed by atoms with van der Waals surface area (Å²) in [6.45, 7) is 0. The molecule has 0 spiro atoms. The van der Waals surface area contributed by atoms with Crippen molar-refractivity contribution in [2.24, 2.45) is 0 Å². The third kappa shape index (κ3) is 2.35. The Balaban J connectivity index is 1.64. The van der Waals surface area contributed by atoms with Gasteiger partial charge in [0.05, 0.1) is 6.04 Å². The molecule has 1 unspecified atom stereocenters. The largest absolute Gasteiger partial charge is 0.335 e. The van der Waals surface area contributed by atoms with Crippen LogP contribution in [0.5, 0.6) is 0 Å². The Hall–Kier alpha value is -1.51. The monoisotopic (exact) mass is 244 g/mol. The summed E-state index contributed by atoms with van der Waals surface area (Å²) in [6, 6.07) is 9.05. The summed E-state index contributed by atoms with van der Waals surface area (Å²) in [4.78, 5) is 11.9. The van der Waals surface area contributed by atoms with E-state index in [0.29, 0.717) is 6.04 Å². The second kappa shape index (κ2) is 5.01. The van der Waals surface area contributed by atoms with Crippen molar-refractivity contribution in [2.75, 3.05) is 0 Å². The smallest absolute Gasteiger partial charge is 0.315 e. The zero-order valence-corrected chi connectivity index (χ0v) is 10.6. The molecule has 1 fully saturated rings. The fourth-order valence-electron chi connectivity index (χ4n) is 2.84. The Bertz CT molecular complexity index is 440. The number of fused-ring (bicyclic) bond motifs is 1. The van der Waals surface area contributed by atoms with Gasteiger partial charge in [0.15, 0.2) is 0 Å². The minimum atomic E-state index is 0.00130. The summed E-state index contributed by atoms with van der Waals surface area (Å²) in [5, 5.41) is 6.17. The molecule has 0 aliphatic heterocycles. The van der Waals surface area contributed by atoms with Gasteiger partial charge in [-0.05, 0) is 49.7 Å². The number of hydrogen-bond acceptors (Lipinski definition) is 1. The first-order valence-electron chi connectivity index (χ1n) is 6.98. The molecule has 2 N–H and O–H groups in total. The van der Waals surface area contributed by atoms with Crippen LogP contribution < -0.4 is 10.6 Å². The first kappa shape index (κ1) is 11.6. The molecule has 2 aliphatic rings. The van der Waals surface area contributed by atoms with E-state index in [2.05, 4.69) is 34.9 Å². The van der Waals surface area contributed by atoms with E-state index in [1.807, 2.05) is 0 Å². The summed E-state index contributed by atoms with van der Waals surface area (Å²) in [5.74, 6) is 0. The van der Waals surface area contributed by atoms with E-state index >= 15 is 0 Å². The van der Waals surface area contributed by atoms with Crippen LogP contribution in [0.25, 0.3) is 0 Å². The van der Waals surface area contributed by atoms with Crippen LogP contribution in [-0.2, 0) is 6.42 Å². The zero-order chi connectivity index (χ0) is 12.4. The number of carbonyl (C=O) groups excluding carboxylic acids is 1. The molecule has 0 saturated heterocycles. The molecule has 2 aliphatic carbocycles. The highest BCUT2D eigenvalue weighted by Crippen LogP contribution is 2.29. The standard InChI is InChI=1S/C15H20N2O/c18-15(16-12-7-4-8-12)17-14-10-3-6-11-5-1-2-9-13(11)14/h1-2,5,9,12,14H,3-4,6-8,10H2,(H2,16,17,18). The Morgan fingerprint density at radius 3 is 2.67 bits per heavy atom. The van der Waals surface area contributed by atoms with E-state index < -0.39 is 0 Å². The lowest BCUT2D eigenvalue weighted by atomic mass is 9.88. The maximum atomic E-state index is 11.9. The average Bonchev–Trinajstić information content (AvgIpc) is 2.34. The van der Waals surface area contributed by atoms with Gasteiger partial charge in [0.25, 0.3) is 0 Å². The van der Waals surface area contributed by atoms with Crippen molar-refractivity contribution in [1.29, 1.82) is 0 Å². The van der Waals surface area contributed by atoms with Gasteiger partial charge >= 0.3 is 6.03 Å². The molecule has 1 aromatic carbocycles. The highest BCUT2D eigenvalue weighted by atomic mass is 16.2. The Kier molecular flexibility index (Phi) is 3.22. The first-order chi connectivity index (χ1) is 8.83. The molecule has 3 rings (SSSR count). The molecular formula is C15H20N2O. The number of aryl methyl sites for hydroxylation is 1. The fraction of sp³-hybridized carbons (Fsp3) is 0.533. The predicted molar refractivity (Wildman–Crippen MR) is 71.4 cm³/mol. The average molecular weight is 244 g/mol. The summed E-state index contributed by atoms with van der Waals surface area (Å²) in [7, 11) is 0. The molecule has 1 saturated carbocycles. The van der Waals surface area contributed by atoms with Crippen molar-refractivity contribution < 1.29 is 4.79 Å². The number of benzene rings is 1. The summed E-state index contributed by atoms with van der Waals surface area (Å²) < 4.78 is 0. The van der Waals surface area contributed by atoms with Gasteiger partial charge in [0, 0.05) is 6.04 Å². The third-order valence-corrected chi connectivity index (χ3v) is 4.12. The maximum absolute atomic E-state index is 11.9. The lowest BCUT2D eigenvalue weighted by molar-refractivity contribution is 0.223. The number of nitrogens with one attached hydrogen (secondary N) is 2. The summed E-state index contributed by atoms with van der Waals surface area (Å²) in [5.41, 5.74) is 2.69. The first-order valence-corrected chi connectivity index (χ1v) is 6.98. The predicted octanol–water partition coefficient (Wildman–Crippen LogP) is 2.92. The van der Waals surface area contributed by atoms with Gasteiger partial charge in [-0.1, -0.05) is 24.3 Å². The third-order valence-electron chi connectivity index (χ3n) is 4.12. The van der Waals surface area contributed by atoms with Crippen LogP contribution in [-0.4, -0.2) is 12.1 Å². The van der Waals surface area contributed by atoms with Crippen LogP contribution in [0.2, 0.25) is 0 Å². The molecule has 3 heteroatoms. The molecule has 96 valence electrons. The van der Waals surface area contributed by atoms with Gasteiger partial charge in [-0.2, -0.15) is 0 Å². The quantitative estimate of drug-likeness (QED) is 0.825. The van der Waals surface area contributed by atoms with Crippen molar-refractivity contribution in [2.45, 2.75) is 50.6 Å². The van der Waals surface area contributed by atoms with Crippen LogP contribution in [0.4, 0.5) is 4.79 Å². The second-order valence-corrected chi connectivity index (χ2v) is 5.39. The minimum Gasteiger partial charge on any atom is -0.335 e. The molecule has 0 aromatic heterocycles. The second-order valence-electron chi connectivity index (χ2n) is 5.39.